The maximum atomic E-state index is 13.5. The summed E-state index contributed by atoms with van der Waals surface area (Å²) < 4.78 is 17.6. The van der Waals surface area contributed by atoms with E-state index in [1.54, 1.807) is 31.9 Å². The summed E-state index contributed by atoms with van der Waals surface area (Å²) in [5.41, 5.74) is 1.67. The third-order valence-electron chi connectivity index (χ3n) is 6.81. The number of carbonyl (C=O) groups excluding carboxylic acids is 3. The zero-order chi connectivity index (χ0) is 30.1. The van der Waals surface area contributed by atoms with Crippen molar-refractivity contribution >= 4 is 40.7 Å². The molecule has 0 heterocycles. The summed E-state index contributed by atoms with van der Waals surface area (Å²) in [6, 6.07) is 9.92. The highest BCUT2D eigenvalue weighted by Crippen LogP contribution is 2.37. The standard InChI is InChI=1S/C30H37IN2O8/c1-18(2)30(38)33(10-8-19-6-5-7-22(12-19)39-3)24-15-21(29(37)32-9-11-34)16-25(27(24)36)41-28-23(31)13-20(17-35)14-26(28)40-4/h5-7,12-14,16-18,24-25,27,34,36H,8-11,15H2,1-4H3,(H,32,37). The summed E-state index contributed by atoms with van der Waals surface area (Å²) in [7, 11) is 3.03. The van der Waals surface area contributed by atoms with E-state index in [9.17, 15) is 24.6 Å². The fourth-order valence-corrected chi connectivity index (χ4v) is 5.44. The number of hydrogen-bond donors (Lipinski definition) is 3. The highest BCUT2D eigenvalue weighted by molar-refractivity contribution is 14.1. The predicted octanol–water partition coefficient (Wildman–Crippen LogP) is 2.76. The molecule has 2 aromatic carbocycles. The molecule has 0 radical (unpaired) electrons. The Hall–Kier alpha value is -3.16. The molecule has 0 saturated carbocycles. The van der Waals surface area contributed by atoms with Crippen LogP contribution in [0.5, 0.6) is 17.2 Å². The molecule has 11 heteroatoms. The average molecular weight is 681 g/mol. The van der Waals surface area contributed by atoms with Gasteiger partial charge in [-0.15, -0.1) is 0 Å². The van der Waals surface area contributed by atoms with E-state index in [1.165, 1.54) is 19.3 Å². The Labute approximate surface area is 253 Å². The van der Waals surface area contributed by atoms with Crippen molar-refractivity contribution in [3.63, 3.8) is 0 Å². The topological polar surface area (TPSA) is 135 Å². The van der Waals surface area contributed by atoms with Gasteiger partial charge in [-0.1, -0.05) is 26.0 Å². The number of amides is 2. The molecule has 10 nitrogen and oxygen atoms in total. The molecule has 0 aliphatic heterocycles. The number of nitrogens with zero attached hydrogens (tertiary/aromatic N) is 1. The SMILES string of the molecule is COc1cccc(CCN(C(=O)C(C)C)C2CC(C(=O)NCCO)=CC(Oc3c(I)cc(C=O)cc3OC)C2O)c1. The number of methoxy groups -OCH3 is 2. The average Bonchev–Trinajstić information content (AvgIpc) is 2.97. The lowest BCUT2D eigenvalue weighted by molar-refractivity contribution is -0.141. The molecular weight excluding hydrogens is 643 g/mol. The van der Waals surface area contributed by atoms with Crippen molar-refractivity contribution in [2.75, 3.05) is 33.9 Å². The van der Waals surface area contributed by atoms with Crippen LogP contribution in [-0.4, -0.2) is 85.4 Å². The number of rotatable bonds is 13. The highest BCUT2D eigenvalue weighted by atomic mass is 127. The number of benzene rings is 2. The van der Waals surface area contributed by atoms with Crippen LogP contribution in [0, 0.1) is 9.49 Å². The van der Waals surface area contributed by atoms with Crippen LogP contribution in [-0.2, 0) is 16.0 Å². The van der Waals surface area contributed by atoms with Gasteiger partial charge in [0.15, 0.2) is 11.5 Å². The number of ether oxygens (including phenoxy) is 3. The molecule has 0 fully saturated rings. The smallest absolute Gasteiger partial charge is 0.247 e. The summed E-state index contributed by atoms with van der Waals surface area (Å²) in [5, 5.41) is 23.5. The van der Waals surface area contributed by atoms with Gasteiger partial charge in [-0.3, -0.25) is 14.4 Å². The molecule has 41 heavy (non-hydrogen) atoms. The molecule has 0 bridgehead atoms. The molecule has 3 N–H and O–H groups in total. The van der Waals surface area contributed by atoms with Crippen molar-refractivity contribution in [3.8, 4) is 17.2 Å². The Kier molecular flexibility index (Phi) is 12.0. The van der Waals surface area contributed by atoms with Gasteiger partial charge in [0, 0.05) is 36.6 Å². The third-order valence-corrected chi connectivity index (χ3v) is 7.61. The quantitative estimate of drug-likeness (QED) is 0.217. The number of carbonyl (C=O) groups is 3. The minimum atomic E-state index is -1.19. The van der Waals surface area contributed by atoms with Crippen molar-refractivity contribution in [1.29, 1.82) is 0 Å². The molecule has 3 rings (SSSR count). The van der Waals surface area contributed by atoms with Gasteiger partial charge >= 0.3 is 0 Å². The van der Waals surface area contributed by atoms with Gasteiger partial charge in [-0.05, 0) is 64.9 Å². The fraction of sp³-hybridized carbons (Fsp3) is 0.433. The molecular formula is C30H37IN2O8. The molecule has 0 aromatic heterocycles. The Morgan fingerprint density at radius 2 is 1.95 bits per heavy atom. The van der Waals surface area contributed by atoms with Crippen molar-refractivity contribution in [2.45, 2.75) is 44.9 Å². The Morgan fingerprint density at radius 3 is 2.59 bits per heavy atom. The van der Waals surface area contributed by atoms with E-state index in [4.69, 9.17) is 14.2 Å². The molecule has 1 aliphatic carbocycles. The van der Waals surface area contributed by atoms with Crippen LogP contribution < -0.4 is 19.5 Å². The van der Waals surface area contributed by atoms with E-state index in [1.807, 2.05) is 46.9 Å². The van der Waals surface area contributed by atoms with E-state index in [-0.39, 0.29) is 31.4 Å². The summed E-state index contributed by atoms with van der Waals surface area (Å²) in [6.07, 6.45) is 0.612. The molecule has 2 amide bonds. The Morgan fingerprint density at radius 1 is 1.20 bits per heavy atom. The lowest BCUT2D eigenvalue weighted by atomic mass is 9.87. The predicted molar refractivity (Wildman–Crippen MR) is 161 cm³/mol. The number of hydrogen-bond acceptors (Lipinski definition) is 8. The summed E-state index contributed by atoms with van der Waals surface area (Å²) in [4.78, 5) is 39.5. The number of aliphatic hydroxyl groups is 2. The highest BCUT2D eigenvalue weighted by Gasteiger charge is 2.41. The van der Waals surface area contributed by atoms with Gasteiger partial charge in [0.25, 0.3) is 0 Å². The van der Waals surface area contributed by atoms with Crippen molar-refractivity contribution in [3.05, 3.63) is 62.7 Å². The first-order valence-corrected chi connectivity index (χ1v) is 14.4. The van der Waals surface area contributed by atoms with E-state index >= 15 is 0 Å². The summed E-state index contributed by atoms with van der Waals surface area (Å²) >= 11 is 2.01. The van der Waals surface area contributed by atoms with E-state index in [0.717, 1.165) is 5.56 Å². The third kappa shape index (κ3) is 8.20. The van der Waals surface area contributed by atoms with Crippen LogP contribution in [0.15, 0.2) is 48.0 Å². The molecule has 1 aliphatic rings. The second kappa shape index (κ2) is 15.2. The lowest BCUT2D eigenvalue weighted by Gasteiger charge is -2.41. The zero-order valence-corrected chi connectivity index (χ0v) is 25.8. The summed E-state index contributed by atoms with van der Waals surface area (Å²) in [6.45, 7) is 3.69. The number of halogens is 1. The largest absolute Gasteiger partial charge is 0.497 e. The molecule has 2 aromatic rings. The van der Waals surface area contributed by atoms with Crippen LogP contribution in [0.4, 0.5) is 0 Å². The Bertz CT molecular complexity index is 1270. The van der Waals surface area contributed by atoms with Gasteiger partial charge in [-0.2, -0.15) is 0 Å². The van der Waals surface area contributed by atoms with Crippen LogP contribution >= 0.6 is 22.6 Å². The first kappa shape index (κ1) is 32.4. The van der Waals surface area contributed by atoms with E-state index in [0.29, 0.717) is 51.2 Å². The zero-order valence-electron chi connectivity index (χ0n) is 23.6. The minimum Gasteiger partial charge on any atom is -0.497 e. The van der Waals surface area contributed by atoms with Crippen LogP contribution in [0.1, 0.15) is 36.2 Å². The number of aldehydes is 1. The fourth-order valence-electron chi connectivity index (χ4n) is 4.69. The lowest BCUT2D eigenvalue weighted by Crippen LogP contribution is -2.56. The van der Waals surface area contributed by atoms with E-state index < -0.39 is 24.2 Å². The molecule has 0 saturated heterocycles. The second-order valence-corrected chi connectivity index (χ2v) is 11.1. The van der Waals surface area contributed by atoms with Crippen LogP contribution in [0.2, 0.25) is 0 Å². The van der Waals surface area contributed by atoms with Crippen molar-refractivity contribution in [1.82, 2.24) is 10.2 Å². The van der Waals surface area contributed by atoms with Crippen LogP contribution in [0.25, 0.3) is 0 Å². The number of aliphatic hydroxyl groups excluding tert-OH is 2. The van der Waals surface area contributed by atoms with E-state index in [2.05, 4.69) is 5.32 Å². The van der Waals surface area contributed by atoms with Crippen molar-refractivity contribution in [2.24, 2.45) is 5.92 Å². The number of nitrogens with one attached hydrogen (secondary N) is 1. The van der Waals surface area contributed by atoms with Gasteiger partial charge in [0.2, 0.25) is 11.8 Å². The van der Waals surface area contributed by atoms with Crippen molar-refractivity contribution < 1.29 is 38.8 Å². The maximum Gasteiger partial charge on any atom is 0.247 e. The van der Waals surface area contributed by atoms with Gasteiger partial charge in [-0.25, -0.2) is 0 Å². The van der Waals surface area contributed by atoms with Gasteiger partial charge < -0.3 is 34.6 Å². The molecule has 3 unspecified atom stereocenters. The first-order valence-electron chi connectivity index (χ1n) is 13.3. The first-order chi connectivity index (χ1) is 19.6. The molecule has 3 atom stereocenters. The Balaban J connectivity index is 2.00. The second-order valence-electron chi connectivity index (χ2n) is 9.96. The molecule has 222 valence electrons. The minimum absolute atomic E-state index is 0.0538. The van der Waals surface area contributed by atoms with Gasteiger partial charge in [0.1, 0.15) is 24.2 Å². The normalized spacial score (nSPS) is 18.3. The maximum absolute atomic E-state index is 13.5. The molecule has 0 spiro atoms. The summed E-state index contributed by atoms with van der Waals surface area (Å²) in [5.74, 6) is 0.336. The monoisotopic (exact) mass is 680 g/mol. The van der Waals surface area contributed by atoms with Gasteiger partial charge in [0.05, 0.1) is 30.4 Å². The van der Waals surface area contributed by atoms with Crippen LogP contribution in [0.3, 0.4) is 0 Å².